The summed E-state index contributed by atoms with van der Waals surface area (Å²) in [6.45, 7) is 9.30. The lowest BCUT2D eigenvalue weighted by atomic mass is 9.99. The van der Waals surface area contributed by atoms with Gasteiger partial charge < -0.3 is 0 Å². The summed E-state index contributed by atoms with van der Waals surface area (Å²) < 4.78 is 0. The lowest BCUT2D eigenvalue weighted by Gasteiger charge is -2.05. The van der Waals surface area contributed by atoms with E-state index in [0.717, 1.165) is 19.3 Å². The van der Waals surface area contributed by atoms with Crippen molar-refractivity contribution in [1.29, 1.82) is 0 Å². The fourth-order valence-corrected chi connectivity index (χ4v) is 0.989. The molecule has 0 rings (SSSR count). The lowest BCUT2D eigenvalue weighted by molar-refractivity contribution is 0.613. The van der Waals surface area contributed by atoms with Crippen LogP contribution in [0.4, 0.5) is 0 Å². The summed E-state index contributed by atoms with van der Waals surface area (Å²) in [4.78, 5) is 0. The van der Waals surface area contributed by atoms with Crippen LogP contribution in [0.2, 0.25) is 0 Å². The second-order valence-electron chi connectivity index (χ2n) is 2.69. The van der Waals surface area contributed by atoms with Gasteiger partial charge in [-0.15, -0.1) is 18.4 Å². The number of hydrogen-bond acceptors (Lipinski definition) is 0. The average Bonchev–Trinajstić information content (AvgIpc) is 2.11. The molecule has 0 nitrogen and oxygen atoms in total. The Labute approximate surface area is 76.4 Å². The van der Waals surface area contributed by atoms with Crippen molar-refractivity contribution in [2.45, 2.75) is 26.2 Å². The van der Waals surface area contributed by atoms with E-state index in [1.54, 1.807) is 0 Å². The first-order valence-electron chi connectivity index (χ1n) is 4.33. The van der Waals surface area contributed by atoms with Gasteiger partial charge in [0.1, 0.15) is 0 Å². The smallest absolute Gasteiger partial charge is 0.0198 e. The zero-order valence-corrected chi connectivity index (χ0v) is 7.84. The summed E-state index contributed by atoms with van der Waals surface area (Å²) in [5.74, 6) is 6.18. The molecule has 0 N–H and O–H groups in total. The van der Waals surface area contributed by atoms with Crippen LogP contribution in [0.3, 0.4) is 0 Å². The summed E-state index contributed by atoms with van der Waals surface area (Å²) in [6.07, 6.45) is 9.35. The Morgan fingerprint density at radius 1 is 1.50 bits per heavy atom. The van der Waals surface area contributed by atoms with Gasteiger partial charge in [-0.1, -0.05) is 18.2 Å². The lowest BCUT2D eigenvalue weighted by Crippen LogP contribution is -1.92. The van der Waals surface area contributed by atoms with Gasteiger partial charge in [0.25, 0.3) is 0 Å². The molecule has 0 spiro atoms. The second-order valence-corrected chi connectivity index (χ2v) is 2.69. The third-order valence-electron chi connectivity index (χ3n) is 1.77. The standard InChI is InChI=1S/C12H17/c1-4-7-9-11-12(6-3)10-8-5-2/h5-6,8,12H,1,3,9-11H2,2H3. The molecule has 0 saturated carbocycles. The van der Waals surface area contributed by atoms with E-state index in [9.17, 15) is 0 Å². The molecule has 0 amide bonds. The molecular weight excluding hydrogens is 144 g/mol. The highest BCUT2D eigenvalue weighted by atomic mass is 14.0. The van der Waals surface area contributed by atoms with Gasteiger partial charge in [0.15, 0.2) is 0 Å². The summed E-state index contributed by atoms with van der Waals surface area (Å²) in [6, 6.07) is 0. The van der Waals surface area contributed by atoms with Crippen molar-refractivity contribution in [2.24, 2.45) is 5.92 Å². The van der Waals surface area contributed by atoms with Crippen LogP contribution in [0, 0.1) is 24.7 Å². The van der Waals surface area contributed by atoms with Crippen LogP contribution in [-0.4, -0.2) is 0 Å². The van der Waals surface area contributed by atoms with Crippen LogP contribution >= 0.6 is 0 Å². The molecule has 0 heteroatoms. The monoisotopic (exact) mass is 161 g/mol. The molecule has 0 heterocycles. The quantitative estimate of drug-likeness (QED) is 0.428. The Bertz CT molecular complexity index is 188. The minimum absolute atomic E-state index is 0.571. The first kappa shape index (κ1) is 11.0. The van der Waals surface area contributed by atoms with E-state index in [4.69, 9.17) is 0 Å². The van der Waals surface area contributed by atoms with Crippen LogP contribution < -0.4 is 0 Å². The van der Waals surface area contributed by atoms with E-state index in [0.29, 0.717) is 5.92 Å². The Morgan fingerprint density at radius 2 is 2.25 bits per heavy atom. The van der Waals surface area contributed by atoms with Crippen LogP contribution in [0.5, 0.6) is 0 Å². The topological polar surface area (TPSA) is 0 Å². The maximum absolute atomic E-state index is 3.79. The Morgan fingerprint density at radius 3 is 2.75 bits per heavy atom. The van der Waals surface area contributed by atoms with Crippen molar-refractivity contribution < 1.29 is 0 Å². The van der Waals surface area contributed by atoms with Crippen molar-refractivity contribution in [2.75, 3.05) is 0 Å². The molecule has 0 saturated heterocycles. The Balaban J connectivity index is 3.64. The van der Waals surface area contributed by atoms with Gasteiger partial charge in [-0.05, 0) is 25.7 Å². The number of rotatable bonds is 5. The van der Waals surface area contributed by atoms with Gasteiger partial charge in [-0.2, -0.15) is 0 Å². The fourth-order valence-electron chi connectivity index (χ4n) is 0.989. The molecule has 1 radical (unpaired) electrons. The Hall–Kier alpha value is -0.960. The maximum atomic E-state index is 3.79. The predicted octanol–water partition coefficient (Wildman–Crippen LogP) is 3.37. The molecule has 0 fully saturated rings. The fraction of sp³-hybridized carbons (Fsp3) is 0.417. The predicted molar refractivity (Wildman–Crippen MR) is 55.5 cm³/mol. The van der Waals surface area contributed by atoms with E-state index >= 15 is 0 Å². The molecular formula is C12H17. The normalized spacial score (nSPS) is 12.2. The zero-order valence-electron chi connectivity index (χ0n) is 7.84. The minimum atomic E-state index is 0.571. The summed E-state index contributed by atoms with van der Waals surface area (Å²) in [5, 5.41) is 0. The van der Waals surface area contributed by atoms with Gasteiger partial charge in [-0.3, -0.25) is 0 Å². The summed E-state index contributed by atoms with van der Waals surface area (Å²) in [7, 11) is 0. The van der Waals surface area contributed by atoms with Crippen LogP contribution in [-0.2, 0) is 0 Å². The maximum Gasteiger partial charge on any atom is 0.0198 e. The van der Waals surface area contributed by atoms with Gasteiger partial charge in [0.05, 0.1) is 0 Å². The highest BCUT2D eigenvalue weighted by Crippen LogP contribution is 2.12. The van der Waals surface area contributed by atoms with Gasteiger partial charge in [-0.25, -0.2) is 0 Å². The number of allylic oxidation sites excluding steroid dienone is 3. The molecule has 0 aliphatic heterocycles. The molecule has 0 aliphatic rings. The molecule has 12 heavy (non-hydrogen) atoms. The molecule has 0 aromatic heterocycles. The largest absolute Gasteiger partial charge is 0.103 e. The first-order valence-corrected chi connectivity index (χ1v) is 4.33. The van der Waals surface area contributed by atoms with E-state index in [2.05, 4.69) is 37.5 Å². The van der Waals surface area contributed by atoms with Crippen molar-refractivity contribution in [1.82, 2.24) is 0 Å². The highest BCUT2D eigenvalue weighted by molar-refractivity contribution is 5.02. The third-order valence-corrected chi connectivity index (χ3v) is 1.77. The van der Waals surface area contributed by atoms with Gasteiger partial charge in [0.2, 0.25) is 0 Å². The first-order chi connectivity index (χ1) is 5.85. The van der Waals surface area contributed by atoms with Crippen molar-refractivity contribution in [3.63, 3.8) is 0 Å². The molecule has 0 aromatic carbocycles. The minimum Gasteiger partial charge on any atom is -0.103 e. The second kappa shape index (κ2) is 8.14. The Kier molecular flexibility index (Phi) is 7.49. The molecule has 0 bridgehead atoms. The zero-order chi connectivity index (χ0) is 9.23. The van der Waals surface area contributed by atoms with E-state index in [-0.39, 0.29) is 0 Å². The third kappa shape index (κ3) is 5.80. The number of hydrogen-bond donors (Lipinski definition) is 0. The van der Waals surface area contributed by atoms with Crippen molar-refractivity contribution in [3.05, 3.63) is 31.7 Å². The molecule has 1 unspecified atom stereocenters. The highest BCUT2D eigenvalue weighted by Gasteiger charge is 1.99. The molecule has 65 valence electrons. The average molecular weight is 161 g/mol. The molecule has 0 aliphatic carbocycles. The van der Waals surface area contributed by atoms with Crippen molar-refractivity contribution in [3.8, 4) is 11.8 Å². The molecule has 1 atom stereocenters. The van der Waals surface area contributed by atoms with Crippen LogP contribution in [0.1, 0.15) is 26.2 Å². The van der Waals surface area contributed by atoms with Gasteiger partial charge >= 0.3 is 0 Å². The van der Waals surface area contributed by atoms with E-state index in [1.807, 2.05) is 13.0 Å². The van der Waals surface area contributed by atoms with Crippen LogP contribution in [0.15, 0.2) is 24.8 Å². The van der Waals surface area contributed by atoms with Gasteiger partial charge in [0, 0.05) is 13.3 Å². The van der Waals surface area contributed by atoms with E-state index in [1.165, 1.54) is 0 Å². The summed E-state index contributed by atoms with van der Waals surface area (Å²) >= 11 is 0. The van der Waals surface area contributed by atoms with Crippen molar-refractivity contribution >= 4 is 0 Å². The van der Waals surface area contributed by atoms with E-state index < -0.39 is 0 Å². The van der Waals surface area contributed by atoms with Crippen LogP contribution in [0.25, 0.3) is 0 Å². The summed E-state index contributed by atoms with van der Waals surface area (Å²) in [5.41, 5.74) is 0. The molecule has 0 aromatic rings. The SMILES string of the molecule is [CH2]C#CCCC(C=C)CC=CC.